The van der Waals surface area contributed by atoms with Crippen LogP contribution in [0.15, 0.2) is 64.2 Å². The summed E-state index contributed by atoms with van der Waals surface area (Å²) in [6, 6.07) is 16.1. The summed E-state index contributed by atoms with van der Waals surface area (Å²) in [4.78, 5) is 0. The van der Waals surface area contributed by atoms with Crippen molar-refractivity contribution in [2.75, 3.05) is 0 Å². The van der Waals surface area contributed by atoms with Crippen molar-refractivity contribution in [1.29, 1.82) is 0 Å². The zero-order chi connectivity index (χ0) is 14.7. The Hall–Kier alpha value is -2.14. The fourth-order valence-corrected chi connectivity index (χ4v) is 2.72. The van der Waals surface area contributed by atoms with E-state index in [0.29, 0.717) is 11.1 Å². The van der Waals surface area contributed by atoms with Gasteiger partial charge in [-0.05, 0) is 36.8 Å². The van der Waals surface area contributed by atoms with E-state index in [-0.39, 0.29) is 11.1 Å². The Kier molecular flexibility index (Phi) is 4.01. The van der Waals surface area contributed by atoms with Crippen LogP contribution >= 0.6 is 11.8 Å². The quantitative estimate of drug-likeness (QED) is 0.653. The van der Waals surface area contributed by atoms with Crippen LogP contribution in [0.1, 0.15) is 17.7 Å². The summed E-state index contributed by atoms with van der Waals surface area (Å²) < 4.78 is 18.6. The molecule has 3 aromatic rings. The molecule has 21 heavy (non-hydrogen) atoms. The molecule has 0 aliphatic carbocycles. The fraction of sp³-hybridized carbons (Fsp3) is 0.125. The van der Waals surface area contributed by atoms with Gasteiger partial charge in [0.05, 0.1) is 0 Å². The van der Waals surface area contributed by atoms with Gasteiger partial charge in [-0.3, -0.25) is 0 Å². The number of thioether (sulfide) groups is 1. The molecule has 2 aromatic carbocycles. The lowest BCUT2D eigenvalue weighted by atomic mass is 10.2. The first-order valence-electron chi connectivity index (χ1n) is 6.53. The smallest absolute Gasteiger partial charge is 0.277 e. The molecule has 0 amide bonds. The fourth-order valence-electron chi connectivity index (χ4n) is 1.91. The van der Waals surface area contributed by atoms with Gasteiger partial charge in [0.15, 0.2) is 0 Å². The van der Waals surface area contributed by atoms with Crippen molar-refractivity contribution < 1.29 is 8.81 Å². The zero-order valence-electron chi connectivity index (χ0n) is 11.4. The molecule has 0 fully saturated rings. The van der Waals surface area contributed by atoms with E-state index in [1.54, 1.807) is 12.1 Å². The van der Waals surface area contributed by atoms with Gasteiger partial charge in [-0.15, -0.1) is 10.2 Å². The third kappa shape index (κ3) is 3.31. The second-order valence-electron chi connectivity index (χ2n) is 4.55. The molecule has 1 atom stereocenters. The zero-order valence-corrected chi connectivity index (χ0v) is 12.2. The maximum absolute atomic E-state index is 12.9. The SMILES string of the molecule is CC(Sc1nnc(-c2ccccc2)o1)c1ccc(F)cc1. The summed E-state index contributed by atoms with van der Waals surface area (Å²) in [5.41, 5.74) is 1.91. The van der Waals surface area contributed by atoms with Crippen molar-refractivity contribution in [3.8, 4) is 11.5 Å². The molecule has 106 valence electrons. The van der Waals surface area contributed by atoms with Crippen molar-refractivity contribution in [3.63, 3.8) is 0 Å². The van der Waals surface area contributed by atoms with E-state index in [0.717, 1.165) is 11.1 Å². The van der Waals surface area contributed by atoms with Crippen molar-refractivity contribution in [3.05, 3.63) is 66.0 Å². The van der Waals surface area contributed by atoms with Crippen LogP contribution in [-0.2, 0) is 0 Å². The molecule has 0 spiro atoms. The van der Waals surface area contributed by atoms with Gasteiger partial charge >= 0.3 is 0 Å². The topological polar surface area (TPSA) is 38.9 Å². The molecule has 0 aliphatic rings. The van der Waals surface area contributed by atoms with Crippen LogP contribution in [0.4, 0.5) is 4.39 Å². The lowest BCUT2D eigenvalue weighted by Gasteiger charge is -2.08. The number of hydrogen-bond acceptors (Lipinski definition) is 4. The highest BCUT2D eigenvalue weighted by Gasteiger charge is 2.14. The van der Waals surface area contributed by atoms with Gasteiger partial charge in [0.2, 0.25) is 5.89 Å². The van der Waals surface area contributed by atoms with Crippen molar-refractivity contribution in [2.24, 2.45) is 0 Å². The standard InChI is InChI=1S/C16H13FN2OS/c1-11(12-7-9-14(17)10-8-12)21-16-19-18-15(20-16)13-5-3-2-4-6-13/h2-11H,1H3. The van der Waals surface area contributed by atoms with Gasteiger partial charge in [-0.1, -0.05) is 42.1 Å². The van der Waals surface area contributed by atoms with E-state index < -0.39 is 0 Å². The van der Waals surface area contributed by atoms with E-state index in [9.17, 15) is 4.39 Å². The average Bonchev–Trinajstić information content (AvgIpc) is 2.97. The monoisotopic (exact) mass is 300 g/mol. The molecule has 0 bridgehead atoms. The molecule has 1 unspecified atom stereocenters. The molecule has 0 saturated heterocycles. The maximum atomic E-state index is 12.9. The molecule has 0 aliphatic heterocycles. The minimum absolute atomic E-state index is 0.106. The molecule has 0 saturated carbocycles. The summed E-state index contributed by atoms with van der Waals surface area (Å²) in [6.07, 6.45) is 0. The first kappa shape index (κ1) is 13.8. The van der Waals surface area contributed by atoms with Gasteiger partial charge in [0.1, 0.15) is 5.82 Å². The molecule has 3 nitrogen and oxygen atoms in total. The van der Waals surface area contributed by atoms with Crippen LogP contribution in [0.5, 0.6) is 0 Å². The number of halogens is 1. The number of rotatable bonds is 4. The average molecular weight is 300 g/mol. The largest absolute Gasteiger partial charge is 0.411 e. The third-order valence-electron chi connectivity index (χ3n) is 3.04. The van der Waals surface area contributed by atoms with Crippen LogP contribution in [0.3, 0.4) is 0 Å². The van der Waals surface area contributed by atoms with Crippen molar-refractivity contribution in [1.82, 2.24) is 10.2 Å². The van der Waals surface area contributed by atoms with E-state index in [1.165, 1.54) is 23.9 Å². The first-order valence-corrected chi connectivity index (χ1v) is 7.41. The Bertz CT molecular complexity index is 713. The summed E-state index contributed by atoms with van der Waals surface area (Å²) in [5.74, 6) is 0.268. The summed E-state index contributed by atoms with van der Waals surface area (Å²) in [7, 11) is 0. The van der Waals surface area contributed by atoms with Gasteiger partial charge in [0.25, 0.3) is 5.22 Å². The minimum Gasteiger partial charge on any atom is -0.411 e. The van der Waals surface area contributed by atoms with Crippen LogP contribution in [0.25, 0.3) is 11.5 Å². The molecular formula is C16H13FN2OS. The summed E-state index contributed by atoms with van der Waals surface area (Å²) in [5, 5.41) is 8.71. The second kappa shape index (κ2) is 6.10. The van der Waals surface area contributed by atoms with Crippen molar-refractivity contribution in [2.45, 2.75) is 17.4 Å². The molecule has 5 heteroatoms. The van der Waals surface area contributed by atoms with Gasteiger partial charge < -0.3 is 4.42 Å². The van der Waals surface area contributed by atoms with Crippen LogP contribution in [-0.4, -0.2) is 10.2 Å². The third-order valence-corrected chi connectivity index (χ3v) is 4.04. The Morgan fingerprint density at radius 3 is 2.43 bits per heavy atom. The Morgan fingerprint density at radius 1 is 1.00 bits per heavy atom. The Labute approximate surface area is 126 Å². The number of nitrogens with zero attached hydrogens (tertiary/aromatic N) is 2. The molecule has 0 radical (unpaired) electrons. The highest BCUT2D eigenvalue weighted by atomic mass is 32.2. The predicted molar refractivity (Wildman–Crippen MR) is 80.4 cm³/mol. The second-order valence-corrected chi connectivity index (χ2v) is 5.84. The van der Waals surface area contributed by atoms with Gasteiger partial charge in [0, 0.05) is 10.8 Å². The van der Waals surface area contributed by atoms with Gasteiger partial charge in [-0.2, -0.15) is 0 Å². The lowest BCUT2D eigenvalue weighted by molar-refractivity contribution is 0.465. The number of benzene rings is 2. The highest BCUT2D eigenvalue weighted by Crippen LogP contribution is 2.35. The van der Waals surface area contributed by atoms with E-state index in [4.69, 9.17) is 4.42 Å². The highest BCUT2D eigenvalue weighted by molar-refractivity contribution is 7.99. The van der Waals surface area contributed by atoms with E-state index in [1.807, 2.05) is 37.3 Å². The minimum atomic E-state index is -0.236. The molecule has 1 aromatic heterocycles. The summed E-state index contributed by atoms with van der Waals surface area (Å²) >= 11 is 1.46. The van der Waals surface area contributed by atoms with Crippen LogP contribution in [0, 0.1) is 5.82 Å². The number of hydrogen-bond donors (Lipinski definition) is 0. The van der Waals surface area contributed by atoms with Crippen molar-refractivity contribution >= 4 is 11.8 Å². The predicted octanol–water partition coefficient (Wildman–Crippen LogP) is 4.73. The van der Waals surface area contributed by atoms with E-state index >= 15 is 0 Å². The lowest BCUT2D eigenvalue weighted by Crippen LogP contribution is -1.88. The molecule has 1 heterocycles. The van der Waals surface area contributed by atoms with Crippen LogP contribution in [0.2, 0.25) is 0 Å². The maximum Gasteiger partial charge on any atom is 0.277 e. The van der Waals surface area contributed by atoms with Gasteiger partial charge in [-0.25, -0.2) is 4.39 Å². The Balaban J connectivity index is 1.74. The van der Waals surface area contributed by atoms with Crippen LogP contribution < -0.4 is 0 Å². The first-order chi connectivity index (χ1) is 10.2. The Morgan fingerprint density at radius 2 is 1.71 bits per heavy atom. The number of aromatic nitrogens is 2. The molecular weight excluding hydrogens is 287 g/mol. The van der Waals surface area contributed by atoms with E-state index in [2.05, 4.69) is 10.2 Å². The molecule has 0 N–H and O–H groups in total. The normalized spacial score (nSPS) is 12.3. The summed E-state index contributed by atoms with van der Waals surface area (Å²) in [6.45, 7) is 2.02. The molecule has 3 rings (SSSR count).